The molecule has 0 aromatic heterocycles. The Morgan fingerprint density at radius 3 is 2.45 bits per heavy atom. The van der Waals surface area contributed by atoms with E-state index in [0.29, 0.717) is 12.2 Å². The van der Waals surface area contributed by atoms with Gasteiger partial charge in [0.25, 0.3) is 6.47 Å². The van der Waals surface area contributed by atoms with Crippen molar-refractivity contribution in [1.29, 1.82) is 0 Å². The molecule has 58 valence electrons. The van der Waals surface area contributed by atoms with Gasteiger partial charge in [0.1, 0.15) is 5.75 Å². The first-order chi connectivity index (χ1) is 5.36. The van der Waals surface area contributed by atoms with E-state index in [1.165, 1.54) is 0 Å². The lowest BCUT2D eigenvalue weighted by Gasteiger charge is -1.99. The van der Waals surface area contributed by atoms with Gasteiger partial charge in [-0.25, -0.2) is 0 Å². The number of carbonyl (C=O) groups is 1. The van der Waals surface area contributed by atoms with Crippen molar-refractivity contribution in [2.75, 3.05) is 5.43 Å². The van der Waals surface area contributed by atoms with Crippen molar-refractivity contribution in [3.8, 4) is 5.75 Å². The van der Waals surface area contributed by atoms with Gasteiger partial charge in [-0.1, -0.05) is 0 Å². The second kappa shape index (κ2) is 3.58. The monoisotopic (exact) mass is 152 g/mol. The highest BCUT2D eigenvalue weighted by Gasteiger charge is 1.90. The van der Waals surface area contributed by atoms with Crippen LogP contribution < -0.4 is 16.0 Å². The Balaban J connectivity index is 2.74. The van der Waals surface area contributed by atoms with E-state index in [-0.39, 0.29) is 0 Å². The molecule has 0 heterocycles. The highest BCUT2D eigenvalue weighted by molar-refractivity contribution is 5.49. The molecule has 0 radical (unpaired) electrons. The zero-order chi connectivity index (χ0) is 8.10. The largest absolute Gasteiger partial charge is 0.429 e. The zero-order valence-electron chi connectivity index (χ0n) is 5.78. The van der Waals surface area contributed by atoms with Gasteiger partial charge in [-0.2, -0.15) is 0 Å². The average molecular weight is 152 g/mol. The maximum Gasteiger partial charge on any atom is 0.298 e. The zero-order valence-corrected chi connectivity index (χ0v) is 5.78. The van der Waals surface area contributed by atoms with Crippen LogP contribution in [0.2, 0.25) is 0 Å². The summed E-state index contributed by atoms with van der Waals surface area (Å²) in [5, 5.41) is 0. The van der Waals surface area contributed by atoms with Gasteiger partial charge in [0.05, 0.1) is 0 Å². The molecule has 11 heavy (non-hydrogen) atoms. The summed E-state index contributed by atoms with van der Waals surface area (Å²) in [6, 6.07) is 6.70. The van der Waals surface area contributed by atoms with Gasteiger partial charge < -0.3 is 10.2 Å². The fraction of sp³-hybridized carbons (Fsp3) is 0. The molecule has 0 amide bonds. The Bertz CT molecular complexity index is 233. The van der Waals surface area contributed by atoms with E-state index >= 15 is 0 Å². The van der Waals surface area contributed by atoms with Crippen molar-refractivity contribution in [1.82, 2.24) is 0 Å². The summed E-state index contributed by atoms with van der Waals surface area (Å²) in [4.78, 5) is 9.87. The maximum atomic E-state index is 9.87. The van der Waals surface area contributed by atoms with E-state index in [1.807, 2.05) is 0 Å². The minimum atomic E-state index is 0.380. The number of nitrogens with one attached hydrogen (secondary N) is 1. The van der Waals surface area contributed by atoms with Gasteiger partial charge in [0, 0.05) is 5.69 Å². The highest BCUT2D eigenvalue weighted by atomic mass is 16.5. The van der Waals surface area contributed by atoms with E-state index in [2.05, 4.69) is 10.2 Å². The molecule has 0 aliphatic carbocycles. The van der Waals surface area contributed by atoms with Crippen molar-refractivity contribution < 1.29 is 9.53 Å². The molecule has 1 aromatic carbocycles. The van der Waals surface area contributed by atoms with E-state index in [4.69, 9.17) is 5.84 Å². The van der Waals surface area contributed by atoms with Gasteiger partial charge in [0.15, 0.2) is 0 Å². The first-order valence-corrected chi connectivity index (χ1v) is 3.04. The molecular weight excluding hydrogens is 144 g/mol. The third-order valence-corrected chi connectivity index (χ3v) is 1.21. The number of carbonyl (C=O) groups excluding carboxylic acids is 1. The molecular formula is C7H8N2O2. The molecule has 4 heteroatoms. The summed E-state index contributed by atoms with van der Waals surface area (Å²) in [7, 11) is 0. The number of ether oxygens (including phenoxy) is 1. The predicted octanol–water partition coefficient (Wildman–Crippen LogP) is 0.507. The summed E-state index contributed by atoms with van der Waals surface area (Å²) in [6.45, 7) is 0.380. The van der Waals surface area contributed by atoms with Gasteiger partial charge >= 0.3 is 0 Å². The van der Waals surface area contributed by atoms with Crippen molar-refractivity contribution in [3.05, 3.63) is 24.3 Å². The molecule has 3 N–H and O–H groups in total. The number of hydrogen-bond acceptors (Lipinski definition) is 4. The SMILES string of the molecule is NNc1ccc(OC=O)cc1. The van der Waals surface area contributed by atoms with E-state index in [1.54, 1.807) is 24.3 Å². The van der Waals surface area contributed by atoms with Crippen molar-refractivity contribution in [2.24, 2.45) is 5.84 Å². The number of hydrogen-bond donors (Lipinski definition) is 2. The topological polar surface area (TPSA) is 64.3 Å². The van der Waals surface area contributed by atoms with Crippen LogP contribution in [0.5, 0.6) is 5.75 Å². The smallest absolute Gasteiger partial charge is 0.298 e. The molecule has 1 rings (SSSR count). The minimum Gasteiger partial charge on any atom is -0.429 e. The Morgan fingerprint density at radius 1 is 1.36 bits per heavy atom. The Kier molecular flexibility index (Phi) is 2.46. The third-order valence-electron chi connectivity index (χ3n) is 1.21. The number of anilines is 1. The van der Waals surface area contributed by atoms with Crippen molar-refractivity contribution in [3.63, 3.8) is 0 Å². The van der Waals surface area contributed by atoms with Crippen molar-refractivity contribution >= 4 is 12.2 Å². The van der Waals surface area contributed by atoms with Gasteiger partial charge in [-0.05, 0) is 24.3 Å². The van der Waals surface area contributed by atoms with Crippen LogP contribution in [0.4, 0.5) is 5.69 Å². The van der Waals surface area contributed by atoms with Crippen LogP contribution in [-0.2, 0) is 4.79 Å². The molecule has 0 atom stereocenters. The first-order valence-electron chi connectivity index (χ1n) is 3.04. The Hall–Kier alpha value is -1.55. The average Bonchev–Trinajstić information content (AvgIpc) is 2.07. The predicted molar refractivity (Wildman–Crippen MR) is 40.9 cm³/mol. The van der Waals surface area contributed by atoms with Gasteiger partial charge in [-0.3, -0.25) is 10.6 Å². The number of rotatable bonds is 3. The van der Waals surface area contributed by atoms with Crippen LogP contribution in [0, 0.1) is 0 Å². The lowest BCUT2D eigenvalue weighted by Crippen LogP contribution is -2.06. The second-order valence-electron chi connectivity index (χ2n) is 1.88. The first kappa shape index (κ1) is 7.56. The molecule has 0 aliphatic heterocycles. The van der Waals surface area contributed by atoms with Crippen LogP contribution in [0.25, 0.3) is 0 Å². The summed E-state index contributed by atoms with van der Waals surface area (Å²) in [5.41, 5.74) is 3.22. The maximum absolute atomic E-state index is 9.87. The summed E-state index contributed by atoms with van der Waals surface area (Å²) < 4.78 is 4.56. The standard InChI is InChI=1S/C7H8N2O2/c8-9-6-1-3-7(4-2-6)11-5-10/h1-5,9H,8H2. The molecule has 0 saturated heterocycles. The molecule has 0 spiro atoms. The molecule has 0 aliphatic rings. The number of hydrazine groups is 1. The van der Waals surface area contributed by atoms with Gasteiger partial charge in [-0.15, -0.1) is 0 Å². The summed E-state index contributed by atoms with van der Waals surface area (Å²) in [6.07, 6.45) is 0. The van der Waals surface area contributed by atoms with E-state index in [0.717, 1.165) is 5.69 Å². The van der Waals surface area contributed by atoms with E-state index < -0.39 is 0 Å². The number of nitrogen functional groups attached to an aromatic ring is 1. The van der Waals surface area contributed by atoms with Crippen LogP contribution in [0.15, 0.2) is 24.3 Å². The van der Waals surface area contributed by atoms with Crippen LogP contribution in [0.1, 0.15) is 0 Å². The minimum absolute atomic E-state index is 0.380. The summed E-state index contributed by atoms with van der Waals surface area (Å²) in [5.74, 6) is 5.61. The van der Waals surface area contributed by atoms with E-state index in [9.17, 15) is 4.79 Å². The van der Waals surface area contributed by atoms with Crippen LogP contribution in [-0.4, -0.2) is 6.47 Å². The van der Waals surface area contributed by atoms with Crippen LogP contribution in [0.3, 0.4) is 0 Å². The van der Waals surface area contributed by atoms with Crippen LogP contribution >= 0.6 is 0 Å². The molecule has 0 bridgehead atoms. The molecule has 0 saturated carbocycles. The lowest BCUT2D eigenvalue weighted by molar-refractivity contribution is -0.120. The third kappa shape index (κ3) is 1.94. The Labute approximate surface area is 63.9 Å². The fourth-order valence-electron chi connectivity index (χ4n) is 0.685. The Morgan fingerprint density at radius 2 is 2.00 bits per heavy atom. The van der Waals surface area contributed by atoms with Crippen molar-refractivity contribution in [2.45, 2.75) is 0 Å². The molecule has 1 aromatic rings. The summed E-state index contributed by atoms with van der Waals surface area (Å²) >= 11 is 0. The molecule has 0 unspecified atom stereocenters. The van der Waals surface area contributed by atoms with Gasteiger partial charge in [0.2, 0.25) is 0 Å². The normalized spacial score (nSPS) is 8.82. The lowest BCUT2D eigenvalue weighted by atomic mass is 10.3. The second-order valence-corrected chi connectivity index (χ2v) is 1.88. The molecule has 0 fully saturated rings. The fourth-order valence-corrected chi connectivity index (χ4v) is 0.685. The number of benzene rings is 1. The highest BCUT2D eigenvalue weighted by Crippen LogP contribution is 2.13. The molecule has 4 nitrogen and oxygen atoms in total. The number of nitrogens with two attached hydrogens (primary N) is 1. The quantitative estimate of drug-likeness (QED) is 0.376.